The van der Waals surface area contributed by atoms with Gasteiger partial charge in [0.1, 0.15) is 5.75 Å². The van der Waals surface area contributed by atoms with Crippen LogP contribution >= 0.6 is 0 Å². The number of rotatable bonds is 7. The van der Waals surface area contributed by atoms with Gasteiger partial charge in [-0.15, -0.1) is 0 Å². The van der Waals surface area contributed by atoms with Crippen molar-refractivity contribution in [2.45, 2.75) is 38.8 Å². The fourth-order valence-electron chi connectivity index (χ4n) is 1.67. The predicted molar refractivity (Wildman–Crippen MR) is 70.2 cm³/mol. The lowest BCUT2D eigenvalue weighted by atomic mass is 10.0. The third-order valence-electron chi connectivity index (χ3n) is 2.81. The molecule has 2 atom stereocenters. The van der Waals surface area contributed by atoms with E-state index in [2.05, 4.69) is 6.92 Å². The predicted octanol–water partition coefficient (Wildman–Crippen LogP) is 2.90. The van der Waals surface area contributed by atoms with Crippen LogP contribution in [0.25, 0.3) is 0 Å². The quantitative estimate of drug-likeness (QED) is 0.793. The summed E-state index contributed by atoms with van der Waals surface area (Å²) in [6.07, 6.45) is 1.93. The lowest BCUT2D eigenvalue weighted by molar-refractivity contribution is 0.134. The molecule has 1 rings (SSSR count). The highest BCUT2D eigenvalue weighted by Crippen LogP contribution is 2.26. The van der Waals surface area contributed by atoms with Crippen molar-refractivity contribution in [1.29, 1.82) is 0 Å². The zero-order valence-electron chi connectivity index (χ0n) is 11.0. The van der Waals surface area contributed by atoms with Gasteiger partial charge in [0.25, 0.3) is 0 Å². The topological polar surface area (TPSA) is 44.5 Å². The van der Waals surface area contributed by atoms with Crippen molar-refractivity contribution in [2.24, 2.45) is 5.73 Å². The van der Waals surface area contributed by atoms with Crippen LogP contribution in [0, 0.1) is 0 Å². The van der Waals surface area contributed by atoms with Gasteiger partial charge in [0.05, 0.1) is 6.10 Å². The maximum atomic E-state index is 6.07. The second-order valence-electron chi connectivity index (χ2n) is 4.26. The van der Waals surface area contributed by atoms with Crippen molar-refractivity contribution in [3.8, 4) is 5.75 Å². The van der Waals surface area contributed by atoms with E-state index in [0.29, 0.717) is 6.61 Å². The Balaban J connectivity index is 2.69. The largest absolute Gasteiger partial charge is 0.490 e. The van der Waals surface area contributed by atoms with E-state index in [1.807, 2.05) is 31.2 Å². The van der Waals surface area contributed by atoms with Crippen LogP contribution in [0.4, 0.5) is 0 Å². The molecule has 0 heterocycles. The molecule has 0 radical (unpaired) electrons. The van der Waals surface area contributed by atoms with Crippen molar-refractivity contribution in [3.05, 3.63) is 29.8 Å². The summed E-state index contributed by atoms with van der Waals surface area (Å²) in [6.45, 7) is 4.84. The SMILES string of the molecule is CC[C@H](N)c1ccccc1OC(C)CCOC. The number of ether oxygens (including phenoxy) is 2. The van der Waals surface area contributed by atoms with E-state index in [9.17, 15) is 0 Å². The zero-order valence-corrected chi connectivity index (χ0v) is 11.0. The maximum absolute atomic E-state index is 6.07. The van der Waals surface area contributed by atoms with Crippen LogP contribution in [-0.2, 0) is 4.74 Å². The Hall–Kier alpha value is -1.06. The molecule has 0 bridgehead atoms. The molecule has 0 aliphatic carbocycles. The number of nitrogens with two attached hydrogens (primary N) is 1. The third-order valence-corrected chi connectivity index (χ3v) is 2.81. The van der Waals surface area contributed by atoms with Crippen molar-refractivity contribution in [1.82, 2.24) is 0 Å². The van der Waals surface area contributed by atoms with Gasteiger partial charge in [0.15, 0.2) is 0 Å². The Morgan fingerprint density at radius 3 is 2.65 bits per heavy atom. The Bertz CT molecular complexity index is 328. The zero-order chi connectivity index (χ0) is 12.7. The van der Waals surface area contributed by atoms with Crippen molar-refractivity contribution >= 4 is 0 Å². The van der Waals surface area contributed by atoms with Gasteiger partial charge >= 0.3 is 0 Å². The van der Waals surface area contributed by atoms with Crippen molar-refractivity contribution in [3.63, 3.8) is 0 Å². The Labute approximate surface area is 104 Å². The summed E-state index contributed by atoms with van der Waals surface area (Å²) >= 11 is 0. The average molecular weight is 237 g/mol. The Morgan fingerprint density at radius 1 is 1.29 bits per heavy atom. The van der Waals surface area contributed by atoms with Crippen LogP contribution in [0.3, 0.4) is 0 Å². The normalized spacial score (nSPS) is 14.4. The Morgan fingerprint density at radius 2 is 2.00 bits per heavy atom. The molecule has 96 valence electrons. The van der Waals surface area contributed by atoms with Gasteiger partial charge in [0.2, 0.25) is 0 Å². The van der Waals surface area contributed by atoms with E-state index < -0.39 is 0 Å². The van der Waals surface area contributed by atoms with Crippen LogP contribution in [-0.4, -0.2) is 19.8 Å². The van der Waals surface area contributed by atoms with Gasteiger partial charge in [-0.25, -0.2) is 0 Å². The molecule has 1 unspecified atom stereocenters. The number of hydrogen-bond acceptors (Lipinski definition) is 3. The summed E-state index contributed by atoms with van der Waals surface area (Å²) in [7, 11) is 1.70. The molecule has 3 nitrogen and oxygen atoms in total. The molecule has 0 aliphatic heterocycles. The second-order valence-corrected chi connectivity index (χ2v) is 4.26. The van der Waals surface area contributed by atoms with E-state index in [-0.39, 0.29) is 12.1 Å². The van der Waals surface area contributed by atoms with Crippen LogP contribution in [0.15, 0.2) is 24.3 Å². The summed E-state index contributed by atoms with van der Waals surface area (Å²) in [5, 5.41) is 0. The minimum absolute atomic E-state index is 0.0424. The molecule has 0 saturated heterocycles. The first-order valence-electron chi connectivity index (χ1n) is 6.19. The van der Waals surface area contributed by atoms with E-state index in [1.165, 1.54) is 0 Å². The van der Waals surface area contributed by atoms with E-state index in [0.717, 1.165) is 24.2 Å². The van der Waals surface area contributed by atoms with Crippen LogP contribution in [0.1, 0.15) is 38.3 Å². The molecular weight excluding hydrogens is 214 g/mol. The molecule has 2 N–H and O–H groups in total. The van der Waals surface area contributed by atoms with Gasteiger partial charge in [-0.1, -0.05) is 25.1 Å². The lowest BCUT2D eigenvalue weighted by Crippen LogP contribution is -2.17. The molecule has 0 aliphatic rings. The van der Waals surface area contributed by atoms with Crippen LogP contribution < -0.4 is 10.5 Å². The molecule has 0 amide bonds. The fourth-order valence-corrected chi connectivity index (χ4v) is 1.67. The number of hydrogen-bond donors (Lipinski definition) is 1. The summed E-state index contributed by atoms with van der Waals surface area (Å²) < 4.78 is 11.0. The van der Waals surface area contributed by atoms with Gasteiger partial charge in [-0.05, 0) is 19.4 Å². The number of benzene rings is 1. The molecule has 0 spiro atoms. The summed E-state index contributed by atoms with van der Waals surface area (Å²) in [5.74, 6) is 0.894. The van der Waals surface area contributed by atoms with Gasteiger partial charge in [-0.3, -0.25) is 0 Å². The van der Waals surface area contributed by atoms with E-state index in [4.69, 9.17) is 15.2 Å². The highest BCUT2D eigenvalue weighted by Gasteiger charge is 2.12. The van der Waals surface area contributed by atoms with Crippen LogP contribution in [0.2, 0.25) is 0 Å². The standard InChI is InChI=1S/C14H23NO2/c1-4-13(15)12-7-5-6-8-14(12)17-11(2)9-10-16-3/h5-8,11,13H,4,9-10,15H2,1-3H3/t11?,13-/m0/s1. The number of methoxy groups -OCH3 is 1. The highest BCUT2D eigenvalue weighted by atomic mass is 16.5. The minimum atomic E-state index is 0.0424. The molecule has 0 aromatic heterocycles. The van der Waals surface area contributed by atoms with Crippen molar-refractivity contribution in [2.75, 3.05) is 13.7 Å². The summed E-state index contributed by atoms with van der Waals surface area (Å²) in [6, 6.07) is 8.03. The third kappa shape index (κ3) is 4.36. The smallest absolute Gasteiger partial charge is 0.124 e. The fraction of sp³-hybridized carbons (Fsp3) is 0.571. The molecule has 3 heteroatoms. The first kappa shape index (κ1) is 14.0. The molecule has 17 heavy (non-hydrogen) atoms. The Kier molecular flexibility index (Phi) is 6.01. The lowest BCUT2D eigenvalue weighted by Gasteiger charge is -2.19. The first-order valence-corrected chi connectivity index (χ1v) is 6.19. The molecule has 1 aromatic carbocycles. The number of para-hydroxylation sites is 1. The van der Waals surface area contributed by atoms with E-state index in [1.54, 1.807) is 7.11 Å². The highest BCUT2D eigenvalue weighted by molar-refractivity contribution is 5.35. The van der Waals surface area contributed by atoms with Crippen LogP contribution in [0.5, 0.6) is 5.75 Å². The summed E-state index contributed by atoms with van der Waals surface area (Å²) in [5.41, 5.74) is 7.15. The second kappa shape index (κ2) is 7.30. The van der Waals surface area contributed by atoms with Crippen molar-refractivity contribution < 1.29 is 9.47 Å². The maximum Gasteiger partial charge on any atom is 0.124 e. The summed E-state index contributed by atoms with van der Waals surface area (Å²) in [4.78, 5) is 0. The first-order chi connectivity index (χ1) is 8.19. The van der Waals surface area contributed by atoms with Gasteiger partial charge in [0, 0.05) is 31.7 Å². The monoisotopic (exact) mass is 237 g/mol. The molecule has 0 saturated carbocycles. The van der Waals surface area contributed by atoms with Gasteiger partial charge in [-0.2, -0.15) is 0 Å². The van der Waals surface area contributed by atoms with E-state index >= 15 is 0 Å². The minimum Gasteiger partial charge on any atom is -0.490 e. The van der Waals surface area contributed by atoms with Gasteiger partial charge < -0.3 is 15.2 Å². The molecular formula is C14H23NO2. The average Bonchev–Trinajstić information content (AvgIpc) is 2.36. The molecule has 1 aromatic rings. The molecule has 0 fully saturated rings.